The minimum atomic E-state index is -3.58. The SMILES string of the molecule is CC1Cc2ccccc2N1C(=O)CCN(Cc1ccccc1F)S(C)(=O)=O. The van der Waals surface area contributed by atoms with Crippen LogP contribution in [0.5, 0.6) is 0 Å². The number of nitrogens with zero attached hydrogens (tertiary/aromatic N) is 2. The van der Waals surface area contributed by atoms with E-state index in [-0.39, 0.29) is 37.0 Å². The number of hydrogen-bond donors (Lipinski definition) is 0. The van der Waals surface area contributed by atoms with Gasteiger partial charge in [-0.25, -0.2) is 12.8 Å². The van der Waals surface area contributed by atoms with E-state index in [0.717, 1.165) is 28.2 Å². The number of carbonyl (C=O) groups is 1. The summed E-state index contributed by atoms with van der Waals surface area (Å²) in [5.41, 5.74) is 2.29. The van der Waals surface area contributed by atoms with Crippen LogP contribution in [0.15, 0.2) is 48.5 Å². The molecule has 0 aliphatic carbocycles. The maximum Gasteiger partial charge on any atom is 0.228 e. The van der Waals surface area contributed by atoms with Gasteiger partial charge in [-0.15, -0.1) is 0 Å². The third-order valence-electron chi connectivity index (χ3n) is 4.82. The van der Waals surface area contributed by atoms with Crippen molar-refractivity contribution in [2.45, 2.75) is 32.4 Å². The standard InChI is InChI=1S/C20H23FN2O3S/c1-15-13-16-7-4-6-10-19(16)23(15)20(24)11-12-22(27(2,25)26)14-17-8-3-5-9-18(17)21/h3-10,15H,11-14H2,1-2H3. The highest BCUT2D eigenvalue weighted by Gasteiger charge is 2.31. The first-order valence-electron chi connectivity index (χ1n) is 8.86. The Morgan fingerprint density at radius 2 is 1.85 bits per heavy atom. The third-order valence-corrected chi connectivity index (χ3v) is 6.07. The Morgan fingerprint density at radius 1 is 1.19 bits per heavy atom. The van der Waals surface area contributed by atoms with Gasteiger partial charge in [0.25, 0.3) is 0 Å². The van der Waals surface area contributed by atoms with Gasteiger partial charge in [-0.05, 0) is 31.0 Å². The molecule has 0 radical (unpaired) electrons. The molecule has 1 unspecified atom stereocenters. The van der Waals surface area contributed by atoms with Crippen molar-refractivity contribution in [3.8, 4) is 0 Å². The zero-order valence-electron chi connectivity index (χ0n) is 15.4. The van der Waals surface area contributed by atoms with Crippen LogP contribution < -0.4 is 4.90 Å². The van der Waals surface area contributed by atoms with Gasteiger partial charge < -0.3 is 4.90 Å². The number of para-hydroxylation sites is 1. The van der Waals surface area contributed by atoms with Crippen LogP contribution in [0.25, 0.3) is 0 Å². The van der Waals surface area contributed by atoms with E-state index in [4.69, 9.17) is 0 Å². The first kappa shape index (κ1) is 19.5. The molecule has 5 nitrogen and oxygen atoms in total. The van der Waals surface area contributed by atoms with Crippen molar-refractivity contribution in [3.63, 3.8) is 0 Å². The molecule has 1 amide bonds. The number of carbonyl (C=O) groups excluding carboxylic acids is 1. The van der Waals surface area contributed by atoms with Crippen molar-refractivity contribution < 1.29 is 17.6 Å². The molecule has 2 aromatic carbocycles. The molecule has 1 atom stereocenters. The summed E-state index contributed by atoms with van der Waals surface area (Å²) in [7, 11) is -3.58. The molecule has 0 saturated carbocycles. The maximum absolute atomic E-state index is 13.9. The highest BCUT2D eigenvalue weighted by molar-refractivity contribution is 7.88. The molecule has 1 heterocycles. The van der Waals surface area contributed by atoms with Gasteiger partial charge in [-0.3, -0.25) is 4.79 Å². The van der Waals surface area contributed by atoms with Gasteiger partial charge in [0, 0.05) is 36.8 Å². The molecule has 1 aliphatic rings. The lowest BCUT2D eigenvalue weighted by Crippen LogP contribution is -2.39. The molecule has 1 aliphatic heterocycles. The summed E-state index contributed by atoms with van der Waals surface area (Å²) in [4.78, 5) is 14.5. The summed E-state index contributed by atoms with van der Waals surface area (Å²) in [5, 5.41) is 0. The first-order valence-corrected chi connectivity index (χ1v) is 10.7. The number of benzene rings is 2. The van der Waals surface area contributed by atoms with Gasteiger partial charge in [0.2, 0.25) is 15.9 Å². The van der Waals surface area contributed by atoms with Crippen LogP contribution in [-0.4, -0.2) is 37.5 Å². The van der Waals surface area contributed by atoms with Crippen LogP contribution in [0.3, 0.4) is 0 Å². The van der Waals surface area contributed by atoms with Crippen LogP contribution in [0.2, 0.25) is 0 Å². The van der Waals surface area contributed by atoms with E-state index in [1.165, 1.54) is 6.07 Å². The number of hydrogen-bond acceptors (Lipinski definition) is 3. The second-order valence-electron chi connectivity index (χ2n) is 6.88. The van der Waals surface area contributed by atoms with Gasteiger partial charge in [-0.1, -0.05) is 36.4 Å². The van der Waals surface area contributed by atoms with Gasteiger partial charge in [-0.2, -0.15) is 4.31 Å². The fraction of sp³-hybridized carbons (Fsp3) is 0.350. The second-order valence-corrected chi connectivity index (χ2v) is 8.87. The van der Waals surface area contributed by atoms with E-state index in [0.29, 0.717) is 0 Å². The monoisotopic (exact) mass is 390 g/mol. The maximum atomic E-state index is 13.9. The van der Waals surface area contributed by atoms with Crippen LogP contribution in [-0.2, 0) is 27.8 Å². The van der Waals surface area contributed by atoms with E-state index in [1.54, 1.807) is 23.1 Å². The predicted octanol–water partition coefficient (Wildman–Crippen LogP) is 2.96. The quantitative estimate of drug-likeness (QED) is 0.762. The van der Waals surface area contributed by atoms with E-state index in [9.17, 15) is 17.6 Å². The van der Waals surface area contributed by atoms with Crippen molar-refractivity contribution in [3.05, 3.63) is 65.5 Å². The van der Waals surface area contributed by atoms with E-state index in [1.807, 2.05) is 31.2 Å². The fourth-order valence-corrected chi connectivity index (χ4v) is 4.26. The molecule has 7 heteroatoms. The Hall–Kier alpha value is -2.25. The number of halogens is 1. The van der Waals surface area contributed by atoms with Crippen molar-refractivity contribution in [1.82, 2.24) is 4.31 Å². The first-order chi connectivity index (χ1) is 12.8. The molecule has 2 aromatic rings. The smallest absolute Gasteiger partial charge is 0.228 e. The molecular formula is C20H23FN2O3S. The van der Waals surface area contributed by atoms with Crippen molar-refractivity contribution in [2.24, 2.45) is 0 Å². The van der Waals surface area contributed by atoms with Crippen molar-refractivity contribution in [2.75, 3.05) is 17.7 Å². The zero-order valence-corrected chi connectivity index (χ0v) is 16.2. The molecule has 0 spiro atoms. The molecule has 0 saturated heterocycles. The Labute approximate surface area is 159 Å². The van der Waals surface area contributed by atoms with Gasteiger partial charge in [0.05, 0.1) is 6.26 Å². The Morgan fingerprint density at radius 3 is 2.56 bits per heavy atom. The molecule has 3 rings (SSSR count). The summed E-state index contributed by atoms with van der Waals surface area (Å²) < 4.78 is 39.3. The Bertz CT molecular complexity index is 946. The zero-order chi connectivity index (χ0) is 19.6. The minimum Gasteiger partial charge on any atom is -0.309 e. The molecule has 0 bridgehead atoms. The van der Waals surface area contributed by atoms with Crippen LogP contribution >= 0.6 is 0 Å². The Balaban J connectivity index is 1.72. The topological polar surface area (TPSA) is 57.7 Å². The highest BCUT2D eigenvalue weighted by Crippen LogP contribution is 2.32. The van der Waals surface area contributed by atoms with Gasteiger partial charge in [0.15, 0.2) is 0 Å². The second kappa shape index (κ2) is 7.78. The molecule has 27 heavy (non-hydrogen) atoms. The number of rotatable bonds is 6. The number of amides is 1. The van der Waals surface area contributed by atoms with Gasteiger partial charge in [0.1, 0.15) is 5.82 Å². The lowest BCUT2D eigenvalue weighted by molar-refractivity contribution is -0.119. The lowest BCUT2D eigenvalue weighted by atomic mass is 10.1. The minimum absolute atomic E-state index is 0.0113. The van der Waals surface area contributed by atoms with Crippen LogP contribution in [0.1, 0.15) is 24.5 Å². The van der Waals surface area contributed by atoms with Gasteiger partial charge >= 0.3 is 0 Å². The molecule has 0 aromatic heterocycles. The van der Waals surface area contributed by atoms with E-state index in [2.05, 4.69) is 0 Å². The summed E-state index contributed by atoms with van der Waals surface area (Å²) in [6.07, 6.45) is 1.90. The number of fused-ring (bicyclic) bond motifs is 1. The third kappa shape index (κ3) is 4.36. The number of sulfonamides is 1. The van der Waals surface area contributed by atoms with Crippen LogP contribution in [0, 0.1) is 5.82 Å². The van der Waals surface area contributed by atoms with E-state index < -0.39 is 15.8 Å². The average molecular weight is 390 g/mol. The van der Waals surface area contributed by atoms with Crippen molar-refractivity contribution >= 4 is 21.6 Å². The highest BCUT2D eigenvalue weighted by atomic mass is 32.2. The molecule has 0 fully saturated rings. The largest absolute Gasteiger partial charge is 0.309 e. The Kier molecular flexibility index (Phi) is 5.62. The van der Waals surface area contributed by atoms with E-state index >= 15 is 0 Å². The average Bonchev–Trinajstić information content (AvgIpc) is 2.94. The summed E-state index contributed by atoms with van der Waals surface area (Å²) in [6.45, 7) is 1.90. The van der Waals surface area contributed by atoms with Crippen molar-refractivity contribution in [1.29, 1.82) is 0 Å². The molecule has 0 N–H and O–H groups in total. The summed E-state index contributed by atoms with van der Waals surface area (Å²) in [6, 6.07) is 13.8. The van der Waals surface area contributed by atoms with Crippen LogP contribution in [0.4, 0.5) is 10.1 Å². The molecular weight excluding hydrogens is 367 g/mol. The predicted molar refractivity (Wildman–Crippen MR) is 103 cm³/mol. The summed E-state index contributed by atoms with van der Waals surface area (Å²) in [5.74, 6) is -0.589. The number of anilines is 1. The normalized spacial score (nSPS) is 16.6. The fourth-order valence-electron chi connectivity index (χ4n) is 3.47. The summed E-state index contributed by atoms with van der Waals surface area (Å²) >= 11 is 0. The molecule has 144 valence electrons. The lowest BCUT2D eigenvalue weighted by Gasteiger charge is -2.25.